The molecule has 2 aromatic rings. The third kappa shape index (κ3) is 4.36. The molecule has 4 nitrogen and oxygen atoms in total. The van der Waals surface area contributed by atoms with E-state index in [0.717, 1.165) is 28.1 Å². The summed E-state index contributed by atoms with van der Waals surface area (Å²) in [5, 5.41) is 6.32. The number of anilines is 1. The van der Waals surface area contributed by atoms with Gasteiger partial charge in [0.25, 0.3) is 0 Å². The molecule has 0 bridgehead atoms. The maximum Gasteiger partial charge on any atom is 0.241 e. The lowest BCUT2D eigenvalue weighted by Crippen LogP contribution is -2.39. The molecule has 0 saturated heterocycles. The summed E-state index contributed by atoms with van der Waals surface area (Å²) in [6.45, 7) is 7.93. The van der Waals surface area contributed by atoms with E-state index in [-0.39, 0.29) is 18.0 Å². The van der Waals surface area contributed by atoms with Crippen molar-refractivity contribution in [1.82, 2.24) is 5.32 Å². The van der Waals surface area contributed by atoms with Crippen LogP contribution in [0.3, 0.4) is 0 Å². The number of amides is 1. The van der Waals surface area contributed by atoms with Gasteiger partial charge in [-0.25, -0.2) is 0 Å². The zero-order valence-electron chi connectivity index (χ0n) is 15.0. The molecular formula is C20H26N2O2. The van der Waals surface area contributed by atoms with E-state index in [1.165, 1.54) is 0 Å². The second-order valence-electron chi connectivity index (χ2n) is 6.16. The Morgan fingerprint density at radius 3 is 2.46 bits per heavy atom. The quantitative estimate of drug-likeness (QED) is 0.844. The van der Waals surface area contributed by atoms with Crippen molar-refractivity contribution in [2.24, 2.45) is 0 Å². The van der Waals surface area contributed by atoms with E-state index in [1.807, 2.05) is 64.1 Å². The first kappa shape index (κ1) is 18.0. The third-order valence-electron chi connectivity index (χ3n) is 4.15. The number of carbonyl (C=O) groups excluding carboxylic acids is 1. The van der Waals surface area contributed by atoms with Gasteiger partial charge in [0.05, 0.1) is 13.2 Å². The summed E-state index contributed by atoms with van der Waals surface area (Å²) in [6.07, 6.45) is 0. The highest BCUT2D eigenvalue weighted by atomic mass is 16.5. The summed E-state index contributed by atoms with van der Waals surface area (Å²) in [5.74, 6) is 0.773. The predicted molar refractivity (Wildman–Crippen MR) is 98.6 cm³/mol. The lowest BCUT2D eigenvalue weighted by atomic mass is 10.0. The Kier molecular flexibility index (Phi) is 5.99. The summed E-state index contributed by atoms with van der Waals surface area (Å²) in [4.78, 5) is 12.4. The summed E-state index contributed by atoms with van der Waals surface area (Å²) < 4.78 is 5.43. The van der Waals surface area contributed by atoms with Gasteiger partial charge in [-0.15, -0.1) is 0 Å². The van der Waals surface area contributed by atoms with Crippen LogP contribution < -0.4 is 15.4 Å². The van der Waals surface area contributed by atoms with Crippen molar-refractivity contribution < 1.29 is 9.53 Å². The van der Waals surface area contributed by atoms with Gasteiger partial charge in [0.15, 0.2) is 0 Å². The normalized spacial score (nSPS) is 13.2. The predicted octanol–water partition coefficient (Wildman–Crippen LogP) is 3.99. The number of carbonyl (C=O) groups is 1. The van der Waals surface area contributed by atoms with Crippen molar-refractivity contribution in [3.05, 3.63) is 59.2 Å². The van der Waals surface area contributed by atoms with Crippen LogP contribution in [0.5, 0.6) is 5.75 Å². The third-order valence-corrected chi connectivity index (χ3v) is 4.15. The summed E-state index contributed by atoms with van der Waals surface area (Å²) >= 11 is 0. The van der Waals surface area contributed by atoms with Gasteiger partial charge in [0.2, 0.25) is 5.91 Å². The molecule has 0 saturated carbocycles. The number of methoxy groups -OCH3 is 1. The molecule has 2 aromatic carbocycles. The number of ether oxygens (including phenoxy) is 1. The van der Waals surface area contributed by atoms with E-state index in [9.17, 15) is 4.79 Å². The minimum Gasteiger partial charge on any atom is -0.496 e. The Morgan fingerprint density at radius 2 is 1.79 bits per heavy atom. The lowest BCUT2D eigenvalue weighted by molar-refractivity contribution is -0.117. The first-order valence-corrected chi connectivity index (χ1v) is 8.19. The Balaban J connectivity index is 2.06. The standard InChI is InChI=1S/C20H26N2O2/c1-13-10-11-19(24-5)17(12-13)15(3)21-16(4)20(23)22-18-9-7-6-8-14(18)2/h6-12,15-16,21H,1-5H3,(H,22,23). The first-order chi connectivity index (χ1) is 11.4. The van der Waals surface area contributed by atoms with E-state index in [1.54, 1.807) is 7.11 Å². The number of nitrogens with one attached hydrogen (secondary N) is 2. The number of benzene rings is 2. The van der Waals surface area contributed by atoms with Crippen LogP contribution in [0, 0.1) is 13.8 Å². The second-order valence-corrected chi connectivity index (χ2v) is 6.16. The van der Waals surface area contributed by atoms with Gasteiger partial charge < -0.3 is 10.1 Å². The molecule has 0 aliphatic heterocycles. The number of hydrogen-bond donors (Lipinski definition) is 2. The number of aryl methyl sites for hydroxylation is 2. The zero-order valence-corrected chi connectivity index (χ0v) is 15.0. The average molecular weight is 326 g/mol. The Labute approximate surface area is 144 Å². The molecule has 2 N–H and O–H groups in total. The number of para-hydroxylation sites is 1. The van der Waals surface area contributed by atoms with Crippen LogP contribution in [0.2, 0.25) is 0 Å². The van der Waals surface area contributed by atoms with Crippen LogP contribution in [-0.2, 0) is 4.79 Å². The topological polar surface area (TPSA) is 50.4 Å². The number of rotatable bonds is 6. The molecule has 0 radical (unpaired) electrons. The van der Waals surface area contributed by atoms with Gasteiger partial charge in [-0.1, -0.05) is 35.9 Å². The summed E-state index contributed by atoms with van der Waals surface area (Å²) in [7, 11) is 1.66. The maximum absolute atomic E-state index is 12.4. The fraction of sp³-hybridized carbons (Fsp3) is 0.350. The Bertz CT molecular complexity index is 713. The molecule has 1 amide bonds. The number of hydrogen-bond acceptors (Lipinski definition) is 3. The van der Waals surface area contributed by atoms with Crippen molar-refractivity contribution in [3.8, 4) is 5.75 Å². The van der Waals surface area contributed by atoms with Crippen LogP contribution in [-0.4, -0.2) is 19.1 Å². The summed E-state index contributed by atoms with van der Waals surface area (Å²) in [6, 6.07) is 13.5. The molecule has 0 fully saturated rings. The van der Waals surface area contributed by atoms with Crippen molar-refractivity contribution in [1.29, 1.82) is 0 Å². The minimum absolute atomic E-state index is 0.00234. The van der Waals surface area contributed by atoms with Crippen LogP contribution in [0.25, 0.3) is 0 Å². The largest absolute Gasteiger partial charge is 0.496 e. The molecule has 0 aliphatic rings. The molecule has 2 atom stereocenters. The van der Waals surface area contributed by atoms with Crippen molar-refractivity contribution in [2.45, 2.75) is 39.8 Å². The average Bonchev–Trinajstić information content (AvgIpc) is 2.56. The highest BCUT2D eigenvalue weighted by Gasteiger charge is 2.19. The maximum atomic E-state index is 12.4. The Hall–Kier alpha value is -2.33. The van der Waals surface area contributed by atoms with E-state index in [0.29, 0.717) is 0 Å². The van der Waals surface area contributed by atoms with Crippen LogP contribution >= 0.6 is 0 Å². The molecule has 2 unspecified atom stereocenters. The monoisotopic (exact) mass is 326 g/mol. The van der Waals surface area contributed by atoms with Crippen LogP contribution in [0.15, 0.2) is 42.5 Å². The van der Waals surface area contributed by atoms with Gasteiger partial charge in [0.1, 0.15) is 5.75 Å². The smallest absolute Gasteiger partial charge is 0.241 e. The lowest BCUT2D eigenvalue weighted by Gasteiger charge is -2.22. The van der Waals surface area contributed by atoms with Gasteiger partial charge >= 0.3 is 0 Å². The van der Waals surface area contributed by atoms with E-state index >= 15 is 0 Å². The minimum atomic E-state index is -0.329. The molecule has 128 valence electrons. The highest BCUT2D eigenvalue weighted by Crippen LogP contribution is 2.26. The van der Waals surface area contributed by atoms with E-state index < -0.39 is 0 Å². The molecule has 0 heterocycles. The molecule has 24 heavy (non-hydrogen) atoms. The van der Waals surface area contributed by atoms with E-state index in [4.69, 9.17) is 4.74 Å². The Morgan fingerprint density at radius 1 is 1.08 bits per heavy atom. The molecule has 0 aromatic heterocycles. The molecule has 2 rings (SSSR count). The zero-order chi connectivity index (χ0) is 17.7. The van der Waals surface area contributed by atoms with Crippen molar-refractivity contribution >= 4 is 11.6 Å². The van der Waals surface area contributed by atoms with E-state index in [2.05, 4.69) is 16.7 Å². The van der Waals surface area contributed by atoms with Crippen LogP contribution in [0.4, 0.5) is 5.69 Å². The SMILES string of the molecule is COc1ccc(C)cc1C(C)NC(C)C(=O)Nc1ccccc1C. The molecular weight excluding hydrogens is 300 g/mol. The first-order valence-electron chi connectivity index (χ1n) is 8.19. The van der Waals surface area contributed by atoms with Crippen molar-refractivity contribution in [3.63, 3.8) is 0 Å². The molecule has 0 aliphatic carbocycles. The van der Waals surface area contributed by atoms with Crippen molar-refractivity contribution in [2.75, 3.05) is 12.4 Å². The molecule has 0 spiro atoms. The van der Waals surface area contributed by atoms with Gasteiger partial charge in [-0.2, -0.15) is 0 Å². The fourth-order valence-electron chi connectivity index (χ4n) is 2.69. The highest BCUT2D eigenvalue weighted by molar-refractivity contribution is 5.95. The van der Waals surface area contributed by atoms with Gasteiger partial charge in [-0.05, 0) is 45.4 Å². The fourth-order valence-corrected chi connectivity index (χ4v) is 2.69. The van der Waals surface area contributed by atoms with Crippen LogP contribution in [0.1, 0.15) is 36.6 Å². The van der Waals surface area contributed by atoms with Gasteiger partial charge in [0, 0.05) is 17.3 Å². The van der Waals surface area contributed by atoms with Gasteiger partial charge in [-0.3, -0.25) is 10.1 Å². The summed E-state index contributed by atoms with van der Waals surface area (Å²) in [5.41, 5.74) is 4.10. The molecule has 4 heteroatoms. The second kappa shape index (κ2) is 7.97.